The molecule has 1 aromatic carbocycles. The fraction of sp³-hybridized carbons (Fsp3) is 0.167. The van der Waals surface area contributed by atoms with Crippen molar-refractivity contribution in [1.82, 2.24) is 15.3 Å². The normalized spacial score (nSPS) is 10.4. The Morgan fingerprint density at radius 2 is 2.04 bits per heavy atom. The molecule has 0 unspecified atom stereocenters. The number of aryl methyl sites for hydroxylation is 1. The molecule has 0 spiro atoms. The zero-order chi connectivity index (χ0) is 16.8. The van der Waals surface area contributed by atoms with Crippen LogP contribution >= 0.6 is 11.3 Å². The number of nitrogens with zero attached hydrogens (tertiary/aromatic N) is 2. The van der Waals surface area contributed by atoms with E-state index < -0.39 is 0 Å². The molecule has 2 aromatic heterocycles. The van der Waals surface area contributed by atoms with Gasteiger partial charge in [0.1, 0.15) is 5.75 Å². The van der Waals surface area contributed by atoms with Crippen molar-refractivity contribution in [3.05, 3.63) is 64.7 Å². The second-order valence-electron chi connectivity index (χ2n) is 5.19. The van der Waals surface area contributed by atoms with Crippen LogP contribution in [-0.4, -0.2) is 22.5 Å². The Morgan fingerprint density at radius 1 is 1.21 bits per heavy atom. The number of para-hydroxylation sites is 1. The van der Waals surface area contributed by atoms with Gasteiger partial charge in [0, 0.05) is 23.3 Å². The van der Waals surface area contributed by atoms with Gasteiger partial charge >= 0.3 is 0 Å². The monoisotopic (exact) mass is 339 g/mol. The van der Waals surface area contributed by atoms with Crippen LogP contribution in [0.15, 0.2) is 53.5 Å². The molecule has 0 aliphatic heterocycles. The number of hydrogen-bond donors (Lipinski definition) is 1. The number of nitrogens with one attached hydrogen (secondary N) is 1. The fourth-order valence-electron chi connectivity index (χ4n) is 2.23. The molecule has 0 fully saturated rings. The summed E-state index contributed by atoms with van der Waals surface area (Å²) < 4.78 is 5.54. The Labute approximate surface area is 144 Å². The highest BCUT2D eigenvalue weighted by atomic mass is 32.1. The zero-order valence-corrected chi connectivity index (χ0v) is 14.0. The van der Waals surface area contributed by atoms with E-state index in [9.17, 15) is 4.79 Å². The van der Waals surface area contributed by atoms with Crippen molar-refractivity contribution in [2.75, 3.05) is 6.61 Å². The van der Waals surface area contributed by atoms with Crippen LogP contribution < -0.4 is 10.1 Å². The molecular formula is C18H17N3O2S. The maximum absolute atomic E-state index is 12.0. The largest absolute Gasteiger partial charge is 0.484 e. The number of aromatic nitrogens is 2. The smallest absolute Gasteiger partial charge is 0.258 e. The van der Waals surface area contributed by atoms with Gasteiger partial charge in [-0.05, 0) is 30.0 Å². The predicted molar refractivity (Wildman–Crippen MR) is 93.9 cm³/mol. The van der Waals surface area contributed by atoms with Crippen molar-refractivity contribution in [3.63, 3.8) is 0 Å². The molecule has 24 heavy (non-hydrogen) atoms. The highest BCUT2D eigenvalue weighted by Crippen LogP contribution is 2.22. The van der Waals surface area contributed by atoms with Crippen LogP contribution in [0.2, 0.25) is 0 Å². The van der Waals surface area contributed by atoms with Gasteiger partial charge in [-0.1, -0.05) is 18.2 Å². The van der Waals surface area contributed by atoms with Gasteiger partial charge in [0.2, 0.25) is 0 Å². The van der Waals surface area contributed by atoms with E-state index in [0.29, 0.717) is 12.3 Å². The molecule has 0 saturated carbocycles. The average Bonchev–Trinajstić information content (AvgIpc) is 3.14. The van der Waals surface area contributed by atoms with E-state index in [2.05, 4.69) is 15.3 Å². The summed E-state index contributed by atoms with van der Waals surface area (Å²) in [4.78, 5) is 20.7. The van der Waals surface area contributed by atoms with Gasteiger partial charge in [-0.15, -0.1) is 0 Å². The van der Waals surface area contributed by atoms with E-state index in [4.69, 9.17) is 4.74 Å². The SMILES string of the molecule is Cc1ccccc1OCC(=O)NCc1nccnc1-c1ccsc1. The lowest BCUT2D eigenvalue weighted by molar-refractivity contribution is -0.123. The van der Waals surface area contributed by atoms with Crippen LogP contribution in [-0.2, 0) is 11.3 Å². The average molecular weight is 339 g/mol. The van der Waals surface area contributed by atoms with Crippen molar-refractivity contribution in [2.45, 2.75) is 13.5 Å². The Bertz CT molecular complexity index is 819. The summed E-state index contributed by atoms with van der Waals surface area (Å²) in [6.07, 6.45) is 3.28. The second kappa shape index (κ2) is 7.70. The quantitative estimate of drug-likeness (QED) is 0.749. The summed E-state index contributed by atoms with van der Waals surface area (Å²) >= 11 is 1.60. The van der Waals surface area contributed by atoms with E-state index in [1.807, 2.05) is 48.0 Å². The Morgan fingerprint density at radius 3 is 2.83 bits per heavy atom. The van der Waals surface area contributed by atoms with E-state index in [1.165, 1.54) is 0 Å². The molecule has 3 aromatic rings. The Kier molecular flexibility index (Phi) is 5.18. The summed E-state index contributed by atoms with van der Waals surface area (Å²) in [5, 5.41) is 6.83. The van der Waals surface area contributed by atoms with Gasteiger partial charge in [-0.2, -0.15) is 11.3 Å². The van der Waals surface area contributed by atoms with Gasteiger partial charge in [-0.25, -0.2) is 0 Å². The first-order valence-electron chi connectivity index (χ1n) is 7.51. The van der Waals surface area contributed by atoms with Gasteiger partial charge in [0.05, 0.1) is 17.9 Å². The molecule has 0 radical (unpaired) electrons. The molecule has 0 aliphatic carbocycles. The first kappa shape index (κ1) is 16.1. The summed E-state index contributed by atoms with van der Waals surface area (Å²) in [6.45, 7) is 2.23. The standard InChI is InChI=1S/C18H17N3O2S/c1-13-4-2-3-5-16(13)23-11-17(22)21-10-15-18(20-8-7-19-15)14-6-9-24-12-14/h2-9,12H,10-11H2,1H3,(H,21,22). The van der Waals surface area contributed by atoms with Crippen LogP contribution in [0.25, 0.3) is 11.3 Å². The van der Waals surface area contributed by atoms with Gasteiger partial charge in [-0.3, -0.25) is 14.8 Å². The molecule has 6 heteroatoms. The maximum atomic E-state index is 12.0. The van der Waals surface area contributed by atoms with Crippen molar-refractivity contribution >= 4 is 17.2 Å². The summed E-state index contributed by atoms with van der Waals surface area (Å²) in [7, 11) is 0. The lowest BCUT2D eigenvalue weighted by Crippen LogP contribution is -2.29. The van der Waals surface area contributed by atoms with Crippen LogP contribution in [0.4, 0.5) is 0 Å². The number of carbonyl (C=O) groups is 1. The third-order valence-electron chi connectivity index (χ3n) is 3.47. The lowest BCUT2D eigenvalue weighted by atomic mass is 10.2. The number of carbonyl (C=O) groups excluding carboxylic acids is 1. The van der Waals surface area contributed by atoms with Gasteiger partial charge in [0.15, 0.2) is 6.61 Å². The van der Waals surface area contributed by atoms with Crippen LogP contribution in [0, 0.1) is 6.92 Å². The lowest BCUT2D eigenvalue weighted by Gasteiger charge is -2.10. The summed E-state index contributed by atoms with van der Waals surface area (Å²) in [6, 6.07) is 9.59. The first-order valence-corrected chi connectivity index (χ1v) is 8.46. The molecule has 5 nitrogen and oxygen atoms in total. The molecule has 0 aliphatic rings. The molecule has 0 saturated heterocycles. The number of hydrogen-bond acceptors (Lipinski definition) is 5. The maximum Gasteiger partial charge on any atom is 0.258 e. The first-order chi connectivity index (χ1) is 11.7. The minimum Gasteiger partial charge on any atom is -0.484 e. The molecule has 2 heterocycles. The fourth-order valence-corrected chi connectivity index (χ4v) is 2.87. The molecule has 1 amide bonds. The highest BCUT2D eigenvalue weighted by molar-refractivity contribution is 7.08. The summed E-state index contributed by atoms with van der Waals surface area (Å²) in [5.74, 6) is 0.520. The number of rotatable bonds is 6. The molecule has 3 rings (SSSR count). The summed E-state index contributed by atoms with van der Waals surface area (Å²) in [5.41, 5.74) is 3.53. The number of amides is 1. The molecule has 0 bridgehead atoms. The molecule has 122 valence electrons. The van der Waals surface area contributed by atoms with Crippen molar-refractivity contribution in [3.8, 4) is 17.0 Å². The van der Waals surface area contributed by atoms with Crippen LogP contribution in [0.3, 0.4) is 0 Å². The minimum atomic E-state index is -0.194. The minimum absolute atomic E-state index is 0.0289. The van der Waals surface area contributed by atoms with Gasteiger partial charge < -0.3 is 10.1 Å². The van der Waals surface area contributed by atoms with Crippen molar-refractivity contribution in [2.24, 2.45) is 0 Å². The Hall–Kier alpha value is -2.73. The van der Waals surface area contributed by atoms with Crippen LogP contribution in [0.5, 0.6) is 5.75 Å². The molecule has 1 N–H and O–H groups in total. The molecular weight excluding hydrogens is 322 g/mol. The topological polar surface area (TPSA) is 64.1 Å². The van der Waals surface area contributed by atoms with E-state index in [-0.39, 0.29) is 12.5 Å². The van der Waals surface area contributed by atoms with Crippen molar-refractivity contribution < 1.29 is 9.53 Å². The third-order valence-corrected chi connectivity index (χ3v) is 4.16. The zero-order valence-electron chi connectivity index (χ0n) is 13.2. The third kappa shape index (κ3) is 3.97. The van der Waals surface area contributed by atoms with E-state index in [0.717, 1.165) is 22.5 Å². The number of ether oxygens (including phenoxy) is 1. The van der Waals surface area contributed by atoms with Gasteiger partial charge in [0.25, 0.3) is 5.91 Å². The van der Waals surface area contributed by atoms with Crippen LogP contribution in [0.1, 0.15) is 11.3 Å². The highest BCUT2D eigenvalue weighted by Gasteiger charge is 2.10. The number of thiophene rings is 1. The number of benzene rings is 1. The molecule has 0 atom stereocenters. The second-order valence-corrected chi connectivity index (χ2v) is 5.97. The van der Waals surface area contributed by atoms with E-state index in [1.54, 1.807) is 23.7 Å². The van der Waals surface area contributed by atoms with Crippen molar-refractivity contribution in [1.29, 1.82) is 0 Å². The van der Waals surface area contributed by atoms with E-state index >= 15 is 0 Å². The Balaban J connectivity index is 1.58. The predicted octanol–water partition coefficient (Wildman–Crippen LogP) is 3.21.